The molecule has 0 spiro atoms. The monoisotopic (exact) mass is 271 g/mol. The van der Waals surface area contributed by atoms with Crippen molar-refractivity contribution in [1.82, 2.24) is 5.32 Å². The maximum atomic E-state index is 9.41. The molecule has 3 nitrogen and oxygen atoms in total. The molecule has 0 aliphatic heterocycles. The molecule has 114 valence electrons. The van der Waals surface area contributed by atoms with Gasteiger partial charge in [-0.1, -0.05) is 26.7 Å². The van der Waals surface area contributed by atoms with E-state index in [0.717, 1.165) is 38.3 Å². The molecule has 1 fully saturated rings. The number of hydrogen-bond donors (Lipinski definition) is 2. The fraction of sp³-hybridized carbons (Fsp3) is 1.00. The summed E-state index contributed by atoms with van der Waals surface area (Å²) in [5, 5.41) is 12.8. The highest BCUT2D eigenvalue weighted by atomic mass is 16.5. The second-order valence-electron chi connectivity index (χ2n) is 6.47. The van der Waals surface area contributed by atoms with E-state index in [0.29, 0.717) is 6.10 Å². The third-order valence-electron chi connectivity index (χ3n) is 4.32. The van der Waals surface area contributed by atoms with Crippen LogP contribution in [-0.4, -0.2) is 36.5 Å². The number of unbranched alkanes of at least 4 members (excludes halogenated alkanes) is 1. The van der Waals surface area contributed by atoms with Crippen molar-refractivity contribution in [3.05, 3.63) is 0 Å². The van der Waals surface area contributed by atoms with Crippen LogP contribution in [0, 0.1) is 5.92 Å². The molecule has 2 N–H and O–H groups in total. The van der Waals surface area contributed by atoms with E-state index in [-0.39, 0.29) is 12.1 Å². The number of rotatable bonds is 9. The number of ether oxygens (including phenoxy) is 1. The van der Waals surface area contributed by atoms with Crippen LogP contribution in [0.1, 0.15) is 65.7 Å². The van der Waals surface area contributed by atoms with E-state index in [1.54, 1.807) is 0 Å². The SMILES string of the molecule is CCNC(C)(CO)CCCCOC1CCCC(C)C1. The van der Waals surface area contributed by atoms with Crippen molar-refractivity contribution in [2.45, 2.75) is 77.4 Å². The van der Waals surface area contributed by atoms with E-state index < -0.39 is 0 Å². The van der Waals surface area contributed by atoms with E-state index in [4.69, 9.17) is 4.74 Å². The Hall–Kier alpha value is -0.120. The lowest BCUT2D eigenvalue weighted by molar-refractivity contribution is 0.0128. The van der Waals surface area contributed by atoms with Gasteiger partial charge in [-0.05, 0) is 51.5 Å². The van der Waals surface area contributed by atoms with Crippen molar-refractivity contribution in [3.8, 4) is 0 Å². The maximum absolute atomic E-state index is 9.41. The number of hydrogen-bond acceptors (Lipinski definition) is 3. The van der Waals surface area contributed by atoms with Crippen molar-refractivity contribution in [1.29, 1.82) is 0 Å². The molecular weight excluding hydrogens is 238 g/mol. The van der Waals surface area contributed by atoms with Crippen LogP contribution >= 0.6 is 0 Å². The van der Waals surface area contributed by atoms with Gasteiger partial charge in [0.05, 0.1) is 12.7 Å². The predicted molar refractivity (Wildman–Crippen MR) is 80.4 cm³/mol. The van der Waals surface area contributed by atoms with Gasteiger partial charge in [0.15, 0.2) is 0 Å². The van der Waals surface area contributed by atoms with Gasteiger partial charge in [0.2, 0.25) is 0 Å². The van der Waals surface area contributed by atoms with Crippen LogP contribution in [0.15, 0.2) is 0 Å². The first-order valence-corrected chi connectivity index (χ1v) is 8.07. The van der Waals surface area contributed by atoms with Gasteiger partial charge >= 0.3 is 0 Å². The van der Waals surface area contributed by atoms with Crippen LogP contribution < -0.4 is 5.32 Å². The summed E-state index contributed by atoms with van der Waals surface area (Å²) in [7, 11) is 0. The molecule has 19 heavy (non-hydrogen) atoms. The van der Waals surface area contributed by atoms with Crippen molar-refractivity contribution >= 4 is 0 Å². The minimum Gasteiger partial charge on any atom is -0.394 e. The molecule has 1 rings (SSSR count). The first kappa shape index (κ1) is 16.9. The molecule has 0 aromatic carbocycles. The summed E-state index contributed by atoms with van der Waals surface area (Å²) in [5.74, 6) is 0.838. The van der Waals surface area contributed by atoms with Gasteiger partial charge in [-0.3, -0.25) is 0 Å². The summed E-state index contributed by atoms with van der Waals surface area (Å²) in [4.78, 5) is 0. The molecule has 3 unspecified atom stereocenters. The minimum absolute atomic E-state index is 0.117. The molecule has 0 saturated heterocycles. The summed E-state index contributed by atoms with van der Waals surface area (Å²) in [5.41, 5.74) is -0.117. The van der Waals surface area contributed by atoms with E-state index in [2.05, 4.69) is 26.1 Å². The summed E-state index contributed by atoms with van der Waals surface area (Å²) in [6, 6.07) is 0. The molecule has 0 heterocycles. The van der Waals surface area contributed by atoms with Crippen molar-refractivity contribution < 1.29 is 9.84 Å². The zero-order valence-electron chi connectivity index (χ0n) is 13.1. The Morgan fingerprint density at radius 3 is 2.74 bits per heavy atom. The average Bonchev–Trinajstić information content (AvgIpc) is 2.39. The molecule has 0 bridgehead atoms. The standard InChI is InChI=1S/C16H33NO2/c1-4-17-16(3,13-18)10-5-6-11-19-15-9-7-8-14(2)12-15/h14-15,17-18H,4-13H2,1-3H3. The van der Waals surface area contributed by atoms with Gasteiger partial charge in [-0.25, -0.2) is 0 Å². The van der Waals surface area contributed by atoms with E-state index >= 15 is 0 Å². The Balaban J connectivity index is 2.07. The molecule has 1 aliphatic rings. The van der Waals surface area contributed by atoms with Crippen LogP contribution in [0.2, 0.25) is 0 Å². The quantitative estimate of drug-likeness (QED) is 0.633. The molecule has 0 amide bonds. The molecule has 1 aliphatic carbocycles. The average molecular weight is 271 g/mol. The predicted octanol–water partition coefficient (Wildman–Crippen LogP) is 3.11. The fourth-order valence-corrected chi connectivity index (χ4v) is 3.05. The largest absolute Gasteiger partial charge is 0.394 e. The summed E-state index contributed by atoms with van der Waals surface area (Å²) in [6.07, 6.45) is 8.93. The third kappa shape index (κ3) is 6.73. The van der Waals surface area contributed by atoms with Crippen molar-refractivity contribution in [3.63, 3.8) is 0 Å². The van der Waals surface area contributed by atoms with E-state index in [1.807, 2.05) is 0 Å². The third-order valence-corrected chi connectivity index (χ3v) is 4.32. The highest BCUT2D eigenvalue weighted by Crippen LogP contribution is 2.25. The van der Waals surface area contributed by atoms with Crippen molar-refractivity contribution in [2.75, 3.05) is 19.8 Å². The van der Waals surface area contributed by atoms with Gasteiger partial charge in [-0.15, -0.1) is 0 Å². The van der Waals surface area contributed by atoms with Crippen LogP contribution in [0.5, 0.6) is 0 Å². The fourth-order valence-electron chi connectivity index (χ4n) is 3.05. The van der Waals surface area contributed by atoms with Crippen LogP contribution in [0.3, 0.4) is 0 Å². The minimum atomic E-state index is -0.117. The zero-order chi connectivity index (χ0) is 14.1. The Morgan fingerprint density at radius 1 is 1.32 bits per heavy atom. The molecule has 0 radical (unpaired) electrons. The molecular formula is C16H33NO2. The Labute approximate surface area is 119 Å². The second-order valence-corrected chi connectivity index (χ2v) is 6.47. The van der Waals surface area contributed by atoms with Gasteiger partial charge in [0.1, 0.15) is 0 Å². The van der Waals surface area contributed by atoms with Crippen LogP contribution in [0.4, 0.5) is 0 Å². The lowest BCUT2D eigenvalue weighted by atomic mass is 9.89. The number of aliphatic hydroxyl groups excluding tert-OH is 1. The van der Waals surface area contributed by atoms with E-state index in [1.165, 1.54) is 25.7 Å². The topological polar surface area (TPSA) is 41.5 Å². The molecule has 0 aromatic heterocycles. The van der Waals surface area contributed by atoms with Gasteiger partial charge in [0, 0.05) is 12.1 Å². The zero-order valence-corrected chi connectivity index (χ0v) is 13.1. The first-order chi connectivity index (χ1) is 9.09. The normalized spacial score (nSPS) is 27.2. The van der Waals surface area contributed by atoms with Crippen molar-refractivity contribution in [2.24, 2.45) is 5.92 Å². The second kappa shape index (κ2) is 8.93. The molecule has 3 atom stereocenters. The van der Waals surface area contributed by atoms with E-state index in [9.17, 15) is 5.11 Å². The smallest absolute Gasteiger partial charge is 0.0610 e. The van der Waals surface area contributed by atoms with Gasteiger partial charge in [0.25, 0.3) is 0 Å². The summed E-state index contributed by atoms with van der Waals surface area (Å²) in [6.45, 7) is 8.51. The first-order valence-electron chi connectivity index (χ1n) is 8.07. The lowest BCUT2D eigenvalue weighted by Crippen LogP contribution is -2.45. The highest BCUT2D eigenvalue weighted by molar-refractivity contribution is 4.81. The Morgan fingerprint density at radius 2 is 2.11 bits per heavy atom. The number of nitrogens with one attached hydrogen (secondary N) is 1. The molecule has 1 saturated carbocycles. The summed E-state index contributed by atoms with van der Waals surface area (Å²) < 4.78 is 5.98. The van der Waals surface area contributed by atoms with Gasteiger partial charge < -0.3 is 15.2 Å². The van der Waals surface area contributed by atoms with Gasteiger partial charge in [-0.2, -0.15) is 0 Å². The molecule has 0 aromatic rings. The summed E-state index contributed by atoms with van der Waals surface area (Å²) >= 11 is 0. The Bertz CT molecular complexity index is 235. The Kier molecular flexibility index (Phi) is 7.96. The number of likely N-dealkylation sites (N-methyl/N-ethyl adjacent to an activating group) is 1. The molecule has 3 heteroatoms. The number of aliphatic hydroxyl groups is 1. The maximum Gasteiger partial charge on any atom is 0.0610 e. The lowest BCUT2D eigenvalue weighted by Gasteiger charge is -2.29. The highest BCUT2D eigenvalue weighted by Gasteiger charge is 2.21. The van der Waals surface area contributed by atoms with Crippen LogP contribution in [-0.2, 0) is 4.74 Å². The van der Waals surface area contributed by atoms with Crippen LogP contribution in [0.25, 0.3) is 0 Å².